The van der Waals surface area contributed by atoms with E-state index in [1.165, 1.54) is 55.6 Å². The summed E-state index contributed by atoms with van der Waals surface area (Å²) in [6, 6.07) is 60.2. The molecule has 116 heavy (non-hydrogen) atoms. The molecule has 16 heterocycles. The standard InChI is InChI=1S/C104H118N8O4/c1-9-49-113-101(89-33-41-105-93-29-21-17-25-85(89)93)97-59-79-37-45-109(97,67-75(79)13-5)63-71-53-72(64-110-46-38-80(76(14-6)68-110)60-98(110)102(114-50-10-2)90-34-42-106-94-30-22-18-26-86(90)94)56-83(55-71)84-57-73(65-111-47-39-81(77(15-7)69-111)61-99(111)103(115-51-11-3)91-35-43-107-95-31-23-19-27-87(91)95)54-74(58-84)66-112-48-40-82(78(16-8)70-112)62-100(112)104(116-52-12-4)92-36-44-108-96-32-24-20-28-88(92)96/h9-36,41-44,53-58,75-82,97-104H,1-8,37-40,45-52,59-70H2/q+4/t75?,76?,77?,78?,79?,80?,81?,82?,97-,98-,99-,100-,101+,102+,103+,104+,109?,110?,111?,112?/m0/s1. The molecule has 12 saturated heterocycles. The van der Waals surface area contributed by atoms with Crippen LogP contribution in [0.25, 0.3) is 54.7 Å². The maximum absolute atomic E-state index is 7.33. The van der Waals surface area contributed by atoms with Gasteiger partial charge in [0.1, 0.15) is 74.8 Å². The number of pyridine rings is 4. The molecule has 12 aliphatic heterocycles. The second-order valence-corrected chi connectivity index (χ2v) is 36.1. The zero-order valence-electron chi connectivity index (χ0n) is 68.0. The Hall–Kier alpha value is -9.44. The van der Waals surface area contributed by atoms with E-state index in [9.17, 15) is 0 Å². The molecule has 0 saturated carbocycles. The van der Waals surface area contributed by atoms with Gasteiger partial charge in [0.15, 0.2) is 0 Å². The Morgan fingerprint density at radius 3 is 0.767 bits per heavy atom. The molecular weight excluding hydrogens is 1430 g/mol. The van der Waals surface area contributed by atoms with Crippen LogP contribution in [0.4, 0.5) is 0 Å². The molecule has 4 aromatic heterocycles. The molecule has 12 unspecified atom stereocenters. The Labute approximate surface area is 688 Å². The first-order valence-corrected chi connectivity index (χ1v) is 43.4. The second kappa shape index (κ2) is 33.2. The Kier molecular flexibility index (Phi) is 22.2. The van der Waals surface area contributed by atoms with Crippen LogP contribution in [0.15, 0.2) is 284 Å². The van der Waals surface area contributed by atoms with Crippen LogP contribution in [0, 0.1) is 47.3 Å². The highest BCUT2D eigenvalue weighted by atomic mass is 16.5. The first-order chi connectivity index (χ1) is 56.9. The predicted octanol–water partition coefficient (Wildman–Crippen LogP) is 21.0. The number of quaternary nitrogens is 4. The van der Waals surface area contributed by atoms with E-state index in [1.54, 1.807) is 0 Å². The van der Waals surface area contributed by atoms with Gasteiger partial charge in [-0.25, -0.2) is 0 Å². The topological polar surface area (TPSA) is 88.5 Å². The molecule has 8 bridgehead atoms. The van der Waals surface area contributed by atoms with Gasteiger partial charge in [0.25, 0.3) is 0 Å². The maximum atomic E-state index is 7.33. The number of hydrogen-bond donors (Lipinski definition) is 0. The zero-order chi connectivity index (χ0) is 79.1. The molecule has 0 aliphatic carbocycles. The van der Waals surface area contributed by atoms with Crippen LogP contribution < -0.4 is 0 Å². The van der Waals surface area contributed by atoms with Crippen LogP contribution in [0.5, 0.6) is 0 Å². The lowest BCUT2D eigenvalue weighted by Crippen LogP contribution is -2.68. The van der Waals surface area contributed by atoms with Gasteiger partial charge in [-0.1, -0.05) is 121 Å². The van der Waals surface area contributed by atoms with Gasteiger partial charge in [0.05, 0.1) is 101 Å². The highest BCUT2D eigenvalue weighted by Gasteiger charge is 2.60. The number of benzene rings is 6. The van der Waals surface area contributed by atoms with Crippen molar-refractivity contribution in [3.05, 3.63) is 328 Å². The molecule has 20 atom stereocenters. The number of nitrogens with zero attached hydrogens (tertiary/aromatic N) is 8. The number of para-hydroxylation sites is 4. The van der Waals surface area contributed by atoms with Crippen LogP contribution in [0.1, 0.15) is 120 Å². The highest BCUT2D eigenvalue weighted by molar-refractivity contribution is 5.85. The van der Waals surface area contributed by atoms with E-state index in [0.29, 0.717) is 73.8 Å². The van der Waals surface area contributed by atoms with Crippen molar-refractivity contribution in [2.24, 2.45) is 47.3 Å². The van der Waals surface area contributed by atoms with Gasteiger partial charge in [-0.3, -0.25) is 19.9 Å². The van der Waals surface area contributed by atoms with Crippen molar-refractivity contribution in [3.63, 3.8) is 0 Å². The lowest BCUT2D eigenvalue weighted by atomic mass is 9.70. The number of aromatic nitrogens is 4. The first-order valence-electron chi connectivity index (χ1n) is 43.4. The maximum Gasteiger partial charge on any atom is 0.135 e. The van der Waals surface area contributed by atoms with Gasteiger partial charge in [-0.05, 0) is 142 Å². The molecule has 10 aromatic rings. The SMILES string of the molecule is C=CCO[C@H](c1ccnc2ccccc12)[C@@H]1CC2CC[N+]1(Cc1cc(C[N+]34CCC(C[C@H]3[C@H](OCC=C)c3ccnc5ccccc35)C(C=C)C4)cc(-c3cc(C[N+]45CCC(C[C@H]4[C@H](OCC=C)c4ccnc6ccccc46)C(C=C)C5)cc(C[N+]45CCC(C[C@H]4[C@H](OCC=C)c4ccnc6ccccc46)C(C=C)C5)c3)c1)CC2C=C. The average molecular weight is 1540 g/mol. The minimum absolute atomic E-state index is 0.148. The lowest BCUT2D eigenvalue weighted by molar-refractivity contribution is -0.985. The summed E-state index contributed by atoms with van der Waals surface area (Å²) in [5.74, 6) is 3.47. The lowest BCUT2D eigenvalue weighted by Gasteiger charge is -2.59. The van der Waals surface area contributed by atoms with Crippen molar-refractivity contribution in [2.75, 3.05) is 78.8 Å². The molecule has 12 nitrogen and oxygen atoms in total. The third-order valence-electron chi connectivity index (χ3n) is 30.1. The van der Waals surface area contributed by atoms with E-state index in [1.807, 2.05) is 49.1 Å². The van der Waals surface area contributed by atoms with Gasteiger partial charge in [-0.2, -0.15) is 0 Å². The summed E-state index contributed by atoms with van der Waals surface area (Å²) in [5.41, 5.74) is 16.8. The summed E-state index contributed by atoms with van der Waals surface area (Å²) in [6.07, 6.45) is 32.8. The number of fused-ring (bicyclic) bond motifs is 16. The van der Waals surface area contributed by atoms with E-state index >= 15 is 0 Å². The van der Waals surface area contributed by atoms with Crippen LogP contribution >= 0.6 is 0 Å². The van der Waals surface area contributed by atoms with Gasteiger partial charge in [-0.15, -0.1) is 52.6 Å². The quantitative estimate of drug-likeness (QED) is 0.0297. The van der Waals surface area contributed by atoms with Crippen molar-refractivity contribution in [2.45, 2.75) is 126 Å². The molecule has 0 amide bonds. The van der Waals surface area contributed by atoms with Crippen molar-refractivity contribution in [3.8, 4) is 11.1 Å². The number of hydrogen-bond acceptors (Lipinski definition) is 8. The fourth-order valence-electron chi connectivity index (χ4n) is 24.9. The molecule has 0 radical (unpaired) electrons. The molecule has 594 valence electrons. The molecule has 12 fully saturated rings. The molecule has 6 aromatic carbocycles. The summed E-state index contributed by atoms with van der Waals surface area (Å²) in [4.78, 5) is 19.8. The van der Waals surface area contributed by atoms with Crippen molar-refractivity contribution in [1.82, 2.24) is 19.9 Å². The van der Waals surface area contributed by atoms with E-state index in [-0.39, 0.29) is 48.6 Å². The first kappa shape index (κ1) is 77.8. The van der Waals surface area contributed by atoms with Crippen LogP contribution in [-0.4, -0.2) is 141 Å². The Balaban J connectivity index is 0.842. The zero-order valence-corrected chi connectivity index (χ0v) is 68.0. The van der Waals surface area contributed by atoms with Crippen molar-refractivity contribution in [1.29, 1.82) is 0 Å². The summed E-state index contributed by atoms with van der Waals surface area (Å²) >= 11 is 0. The Bertz CT molecular complexity index is 4700. The number of piperidine rings is 12. The monoisotopic (exact) mass is 1540 g/mol. The molecule has 22 rings (SSSR count). The summed E-state index contributed by atoms with van der Waals surface area (Å²) in [6.45, 7) is 48.9. The number of rotatable bonds is 33. The van der Waals surface area contributed by atoms with E-state index in [2.05, 4.69) is 235 Å². The Morgan fingerprint density at radius 2 is 0.543 bits per heavy atom. The van der Waals surface area contributed by atoms with E-state index in [0.717, 1.165) is 191 Å². The average Bonchev–Trinajstić information content (AvgIpc) is 0.741. The minimum atomic E-state index is -0.204. The van der Waals surface area contributed by atoms with E-state index < -0.39 is 0 Å². The molecule has 0 N–H and O–H groups in total. The smallest absolute Gasteiger partial charge is 0.135 e. The van der Waals surface area contributed by atoms with Crippen LogP contribution in [0.3, 0.4) is 0 Å². The largest absolute Gasteiger partial charge is 0.363 e. The fraction of sp³-hybridized carbons (Fsp3) is 0.385. The third kappa shape index (κ3) is 14.5. The predicted molar refractivity (Wildman–Crippen MR) is 470 cm³/mol. The van der Waals surface area contributed by atoms with Gasteiger partial charge in [0, 0.05) is 144 Å². The summed E-state index contributed by atoms with van der Waals surface area (Å²) in [5, 5.41) is 4.61. The van der Waals surface area contributed by atoms with E-state index in [4.69, 9.17) is 38.9 Å². The van der Waals surface area contributed by atoms with Gasteiger partial charge in [0.2, 0.25) is 0 Å². The van der Waals surface area contributed by atoms with Crippen molar-refractivity contribution >= 4 is 43.6 Å². The summed E-state index contributed by atoms with van der Waals surface area (Å²) < 4.78 is 32.9. The normalized spacial score (nSPS) is 30.0. The second-order valence-electron chi connectivity index (χ2n) is 36.1. The molecular formula is C104H118N8O4+4. The van der Waals surface area contributed by atoms with Crippen molar-refractivity contribution < 1.29 is 36.9 Å². The van der Waals surface area contributed by atoms with Crippen LogP contribution in [0.2, 0.25) is 0 Å². The van der Waals surface area contributed by atoms with Gasteiger partial charge >= 0.3 is 0 Å². The molecule has 12 heteroatoms. The fourth-order valence-corrected chi connectivity index (χ4v) is 24.9. The third-order valence-corrected chi connectivity index (χ3v) is 30.1. The molecule has 12 aliphatic rings. The summed E-state index contributed by atoms with van der Waals surface area (Å²) in [7, 11) is 0. The van der Waals surface area contributed by atoms with Gasteiger partial charge < -0.3 is 36.9 Å². The van der Waals surface area contributed by atoms with Crippen LogP contribution in [-0.2, 0) is 45.1 Å². The Morgan fingerprint density at radius 1 is 0.310 bits per heavy atom. The highest BCUT2D eigenvalue weighted by Crippen LogP contribution is 2.56. The number of ether oxygens (including phenoxy) is 4. The minimum Gasteiger partial charge on any atom is -0.363 e. The molecule has 0 spiro atoms.